The highest BCUT2D eigenvalue weighted by atomic mass is 35.5. The highest BCUT2D eigenvalue weighted by Gasteiger charge is 2.33. The highest BCUT2D eigenvalue weighted by Crippen LogP contribution is 2.26. The number of anilines is 1. The number of benzene rings is 1. The molecule has 2 aliphatic rings. The van der Waals surface area contributed by atoms with Gasteiger partial charge in [-0.25, -0.2) is 0 Å². The second kappa shape index (κ2) is 6.52. The molecule has 0 bridgehead atoms. The number of nitrogens with zero attached hydrogens (tertiary/aromatic N) is 2. The molecule has 0 saturated carbocycles. The van der Waals surface area contributed by atoms with Crippen molar-refractivity contribution < 1.29 is 14.1 Å². The molecule has 1 atom stereocenters. The topological polar surface area (TPSA) is 75.4 Å². The number of rotatable bonds is 3. The van der Waals surface area contributed by atoms with E-state index in [1.54, 1.807) is 29.2 Å². The van der Waals surface area contributed by atoms with E-state index in [2.05, 4.69) is 10.5 Å². The van der Waals surface area contributed by atoms with E-state index in [-0.39, 0.29) is 24.3 Å². The SMILES string of the molecule is O=C(NC1CC(=O)N(c2ccc(Cl)cc2)C1)c1noc2c1CCCC2. The van der Waals surface area contributed by atoms with Crippen molar-refractivity contribution >= 4 is 29.1 Å². The van der Waals surface area contributed by atoms with Crippen LogP contribution < -0.4 is 10.2 Å². The molecule has 0 spiro atoms. The number of carbonyl (C=O) groups excluding carboxylic acids is 2. The molecule has 1 saturated heterocycles. The lowest BCUT2D eigenvalue weighted by molar-refractivity contribution is -0.117. The number of fused-ring (bicyclic) bond motifs is 1. The van der Waals surface area contributed by atoms with E-state index < -0.39 is 0 Å². The lowest BCUT2D eigenvalue weighted by atomic mass is 9.96. The molecule has 1 aliphatic heterocycles. The third-order valence-corrected chi connectivity index (χ3v) is 5.02. The second-order valence-electron chi connectivity index (χ2n) is 6.50. The minimum absolute atomic E-state index is 0.0187. The summed E-state index contributed by atoms with van der Waals surface area (Å²) in [6.45, 7) is 0.437. The molecule has 2 aromatic rings. The van der Waals surface area contributed by atoms with E-state index in [4.69, 9.17) is 16.1 Å². The number of nitrogens with one attached hydrogen (secondary N) is 1. The summed E-state index contributed by atoms with van der Waals surface area (Å²) in [7, 11) is 0. The van der Waals surface area contributed by atoms with E-state index in [9.17, 15) is 9.59 Å². The number of carbonyl (C=O) groups is 2. The van der Waals surface area contributed by atoms with Gasteiger partial charge in [0.05, 0.1) is 6.04 Å². The molecule has 130 valence electrons. The fourth-order valence-corrected chi connectivity index (χ4v) is 3.62. The summed E-state index contributed by atoms with van der Waals surface area (Å²) >= 11 is 5.89. The van der Waals surface area contributed by atoms with Crippen LogP contribution >= 0.6 is 11.6 Å². The average molecular weight is 360 g/mol. The zero-order valence-electron chi connectivity index (χ0n) is 13.6. The molecular formula is C18H18ClN3O3. The molecule has 1 aliphatic carbocycles. The minimum Gasteiger partial charge on any atom is -0.360 e. The predicted octanol–water partition coefficient (Wildman–Crippen LogP) is 2.74. The lowest BCUT2D eigenvalue weighted by Gasteiger charge is -2.17. The first-order chi connectivity index (χ1) is 12.1. The molecule has 1 fully saturated rings. The van der Waals surface area contributed by atoms with Gasteiger partial charge in [-0.15, -0.1) is 0 Å². The van der Waals surface area contributed by atoms with Gasteiger partial charge < -0.3 is 14.7 Å². The van der Waals surface area contributed by atoms with Crippen LogP contribution in [0.5, 0.6) is 0 Å². The van der Waals surface area contributed by atoms with Gasteiger partial charge in [-0.1, -0.05) is 16.8 Å². The Morgan fingerprint density at radius 3 is 2.80 bits per heavy atom. The fraction of sp³-hybridized carbons (Fsp3) is 0.389. The van der Waals surface area contributed by atoms with Gasteiger partial charge in [-0.05, 0) is 43.5 Å². The van der Waals surface area contributed by atoms with Crippen LogP contribution in [0, 0.1) is 0 Å². The number of aromatic nitrogens is 1. The Labute approximate surface area is 150 Å². The molecule has 1 N–H and O–H groups in total. The van der Waals surface area contributed by atoms with E-state index in [1.165, 1.54) is 0 Å². The van der Waals surface area contributed by atoms with Crippen LogP contribution in [0.1, 0.15) is 41.1 Å². The third kappa shape index (κ3) is 3.14. The minimum atomic E-state index is -0.261. The maximum atomic E-state index is 12.5. The zero-order valence-corrected chi connectivity index (χ0v) is 14.4. The van der Waals surface area contributed by atoms with Gasteiger partial charge in [0, 0.05) is 35.7 Å². The Morgan fingerprint density at radius 1 is 1.24 bits per heavy atom. The molecule has 1 aromatic heterocycles. The van der Waals surface area contributed by atoms with Crippen LogP contribution in [0.4, 0.5) is 5.69 Å². The van der Waals surface area contributed by atoms with Gasteiger partial charge >= 0.3 is 0 Å². The largest absolute Gasteiger partial charge is 0.360 e. The molecule has 1 aromatic carbocycles. The van der Waals surface area contributed by atoms with Crippen LogP contribution in [0.2, 0.25) is 5.02 Å². The summed E-state index contributed by atoms with van der Waals surface area (Å²) in [6, 6.07) is 6.86. The Hall–Kier alpha value is -2.34. The van der Waals surface area contributed by atoms with E-state index in [0.29, 0.717) is 17.3 Å². The first-order valence-corrected chi connectivity index (χ1v) is 8.84. The summed E-state index contributed by atoms with van der Waals surface area (Å²) < 4.78 is 5.29. The van der Waals surface area contributed by atoms with Crippen LogP contribution in [-0.4, -0.2) is 29.6 Å². The maximum Gasteiger partial charge on any atom is 0.274 e. The molecule has 2 heterocycles. The predicted molar refractivity (Wildman–Crippen MR) is 92.8 cm³/mol. The number of hydrogen-bond acceptors (Lipinski definition) is 4. The van der Waals surface area contributed by atoms with Crippen LogP contribution in [0.15, 0.2) is 28.8 Å². The smallest absolute Gasteiger partial charge is 0.274 e. The Morgan fingerprint density at radius 2 is 2.00 bits per heavy atom. The van der Waals surface area contributed by atoms with E-state index in [0.717, 1.165) is 42.7 Å². The summed E-state index contributed by atoms with van der Waals surface area (Å²) in [5.41, 5.74) is 2.07. The number of aryl methyl sites for hydroxylation is 1. The number of amides is 2. The van der Waals surface area contributed by atoms with Gasteiger partial charge in [0.15, 0.2) is 5.69 Å². The quantitative estimate of drug-likeness (QED) is 0.914. The van der Waals surface area contributed by atoms with Crippen molar-refractivity contribution in [3.05, 3.63) is 46.3 Å². The molecule has 7 heteroatoms. The summed E-state index contributed by atoms with van der Waals surface area (Å²) in [5.74, 6) is 0.541. The molecule has 4 rings (SSSR count). The van der Waals surface area contributed by atoms with E-state index in [1.807, 2.05) is 0 Å². The second-order valence-corrected chi connectivity index (χ2v) is 6.93. The van der Waals surface area contributed by atoms with Crippen molar-refractivity contribution in [3.63, 3.8) is 0 Å². The molecule has 25 heavy (non-hydrogen) atoms. The first-order valence-electron chi connectivity index (χ1n) is 8.46. The van der Waals surface area contributed by atoms with Crippen LogP contribution in [-0.2, 0) is 17.6 Å². The molecule has 1 unspecified atom stereocenters. The maximum absolute atomic E-state index is 12.5. The number of halogens is 1. The molecular weight excluding hydrogens is 342 g/mol. The number of hydrogen-bond donors (Lipinski definition) is 1. The molecule has 6 nitrogen and oxygen atoms in total. The van der Waals surface area contributed by atoms with Gasteiger partial charge in [0.1, 0.15) is 5.76 Å². The first kappa shape index (κ1) is 16.1. The van der Waals surface area contributed by atoms with E-state index >= 15 is 0 Å². The van der Waals surface area contributed by atoms with Crippen LogP contribution in [0.3, 0.4) is 0 Å². The van der Waals surface area contributed by atoms with Crippen LogP contribution in [0.25, 0.3) is 0 Å². The highest BCUT2D eigenvalue weighted by molar-refractivity contribution is 6.30. The average Bonchev–Trinajstić information content (AvgIpc) is 3.19. The fourth-order valence-electron chi connectivity index (χ4n) is 3.49. The Kier molecular flexibility index (Phi) is 4.21. The van der Waals surface area contributed by atoms with Gasteiger partial charge in [-0.2, -0.15) is 0 Å². The van der Waals surface area contributed by atoms with Gasteiger partial charge in [0.25, 0.3) is 5.91 Å². The van der Waals surface area contributed by atoms with Crippen molar-refractivity contribution in [2.24, 2.45) is 0 Å². The summed E-state index contributed by atoms with van der Waals surface area (Å²) in [6.07, 6.45) is 4.04. The van der Waals surface area contributed by atoms with Crippen molar-refractivity contribution in [1.29, 1.82) is 0 Å². The lowest BCUT2D eigenvalue weighted by Crippen LogP contribution is -2.37. The van der Waals surface area contributed by atoms with Gasteiger partial charge in [0.2, 0.25) is 5.91 Å². The standard InChI is InChI=1S/C18H18ClN3O3/c19-11-5-7-13(8-6-11)22-10-12(9-16(22)23)20-18(24)17-14-3-1-2-4-15(14)25-21-17/h5-8,12H,1-4,9-10H2,(H,20,24). The van der Waals surface area contributed by atoms with Crippen molar-refractivity contribution in [2.45, 2.75) is 38.1 Å². The van der Waals surface area contributed by atoms with Crippen molar-refractivity contribution in [3.8, 4) is 0 Å². The normalized spacial score (nSPS) is 19.8. The Bertz CT molecular complexity index is 815. The van der Waals surface area contributed by atoms with Crippen molar-refractivity contribution in [2.75, 3.05) is 11.4 Å². The summed E-state index contributed by atoms with van der Waals surface area (Å²) in [4.78, 5) is 26.5. The molecule has 2 amide bonds. The Balaban J connectivity index is 1.45. The molecule has 0 radical (unpaired) electrons. The van der Waals surface area contributed by atoms with Gasteiger partial charge in [-0.3, -0.25) is 9.59 Å². The third-order valence-electron chi connectivity index (χ3n) is 4.76. The zero-order chi connectivity index (χ0) is 17.4. The summed E-state index contributed by atoms with van der Waals surface area (Å²) in [5, 5.41) is 7.49. The monoisotopic (exact) mass is 359 g/mol. The van der Waals surface area contributed by atoms with Crippen molar-refractivity contribution in [1.82, 2.24) is 10.5 Å².